The molecule has 0 saturated carbocycles. The number of thiophene rings is 1. The molecule has 0 radical (unpaired) electrons. The van der Waals surface area contributed by atoms with Crippen LogP contribution in [-0.2, 0) is 5.41 Å². The third kappa shape index (κ3) is 5.11. The lowest BCUT2D eigenvalue weighted by atomic mass is 9.81. The molecule has 0 amide bonds. The van der Waals surface area contributed by atoms with Gasteiger partial charge < -0.3 is 4.57 Å². The predicted molar refractivity (Wildman–Crippen MR) is 246 cm³/mol. The highest BCUT2D eigenvalue weighted by Gasteiger charge is 2.38. The molecule has 0 N–H and O–H groups in total. The Kier molecular flexibility index (Phi) is 7.41. The summed E-state index contributed by atoms with van der Waals surface area (Å²) < 4.78 is 4.94. The molecule has 0 unspecified atom stereocenters. The molecule has 11 aromatic rings. The number of hydrogen-bond donors (Lipinski definition) is 0. The molecule has 8 aromatic carbocycles. The van der Waals surface area contributed by atoms with E-state index in [0.717, 1.165) is 39.0 Å². The summed E-state index contributed by atoms with van der Waals surface area (Å²) in [5, 5.41) is 4.93. The van der Waals surface area contributed by atoms with E-state index >= 15 is 0 Å². The molecule has 3 aromatic heterocycles. The van der Waals surface area contributed by atoms with Crippen molar-refractivity contribution in [3.05, 3.63) is 193 Å². The molecule has 1 aliphatic rings. The van der Waals surface area contributed by atoms with Crippen LogP contribution in [0.4, 0.5) is 0 Å². The summed E-state index contributed by atoms with van der Waals surface area (Å²) in [5.74, 6) is 1.94. The fraction of sp³-hybridized carbons (Fsp3) is 0.0556. The largest absolute Gasteiger partial charge is 0.308 e. The summed E-state index contributed by atoms with van der Waals surface area (Å²) >= 11 is 1.79. The summed E-state index contributed by atoms with van der Waals surface area (Å²) in [6.07, 6.45) is 0. The minimum atomic E-state index is -0.219. The van der Waals surface area contributed by atoms with Crippen molar-refractivity contribution in [2.75, 3.05) is 0 Å². The van der Waals surface area contributed by atoms with Crippen molar-refractivity contribution >= 4 is 53.3 Å². The van der Waals surface area contributed by atoms with Crippen LogP contribution in [0.3, 0.4) is 0 Å². The lowest BCUT2D eigenvalue weighted by Crippen LogP contribution is -2.16. The molecule has 59 heavy (non-hydrogen) atoms. The number of hydrogen-bond acceptors (Lipinski definition) is 4. The number of para-hydroxylation sites is 1. The third-order valence-corrected chi connectivity index (χ3v) is 13.5. The van der Waals surface area contributed by atoms with E-state index in [-0.39, 0.29) is 5.41 Å². The van der Waals surface area contributed by atoms with E-state index in [0.29, 0.717) is 17.5 Å². The topological polar surface area (TPSA) is 43.6 Å². The zero-order valence-electron chi connectivity index (χ0n) is 32.5. The van der Waals surface area contributed by atoms with Crippen molar-refractivity contribution in [2.24, 2.45) is 0 Å². The van der Waals surface area contributed by atoms with Crippen LogP contribution in [0.5, 0.6) is 0 Å². The predicted octanol–water partition coefficient (Wildman–Crippen LogP) is 14.3. The Balaban J connectivity index is 1.16. The second kappa shape index (κ2) is 12.9. The number of rotatable bonds is 5. The van der Waals surface area contributed by atoms with E-state index in [2.05, 4.69) is 182 Å². The summed E-state index contributed by atoms with van der Waals surface area (Å²) in [6, 6.07) is 65.2. The van der Waals surface area contributed by atoms with Gasteiger partial charge in [0.05, 0.1) is 16.7 Å². The zero-order chi connectivity index (χ0) is 39.2. The zero-order valence-corrected chi connectivity index (χ0v) is 33.3. The number of nitrogens with zero attached hydrogens (tertiary/aromatic N) is 4. The first-order valence-corrected chi connectivity index (χ1v) is 20.9. The van der Waals surface area contributed by atoms with Crippen LogP contribution in [-0.4, -0.2) is 19.5 Å². The van der Waals surface area contributed by atoms with Gasteiger partial charge in [-0.05, 0) is 52.1 Å². The van der Waals surface area contributed by atoms with E-state index in [1.807, 2.05) is 18.2 Å². The van der Waals surface area contributed by atoms with Gasteiger partial charge in [-0.25, -0.2) is 15.0 Å². The molecule has 0 aliphatic heterocycles. The van der Waals surface area contributed by atoms with Crippen molar-refractivity contribution in [1.29, 1.82) is 0 Å². The maximum Gasteiger partial charge on any atom is 0.165 e. The molecule has 0 bridgehead atoms. The van der Waals surface area contributed by atoms with Crippen LogP contribution < -0.4 is 0 Å². The maximum atomic E-state index is 5.35. The highest BCUT2D eigenvalue weighted by molar-refractivity contribution is 7.26. The van der Waals surface area contributed by atoms with Gasteiger partial charge in [0.2, 0.25) is 0 Å². The van der Waals surface area contributed by atoms with Gasteiger partial charge in [-0.1, -0.05) is 172 Å². The maximum absolute atomic E-state index is 5.35. The lowest BCUT2D eigenvalue weighted by Gasteiger charge is -2.24. The van der Waals surface area contributed by atoms with Crippen molar-refractivity contribution in [3.8, 4) is 62.1 Å². The normalized spacial score (nSPS) is 13.1. The first-order valence-electron chi connectivity index (χ1n) is 20.1. The van der Waals surface area contributed by atoms with Gasteiger partial charge in [-0.2, -0.15) is 0 Å². The molecule has 0 atom stereocenters. The quantitative estimate of drug-likeness (QED) is 0.175. The number of aromatic nitrogens is 4. The van der Waals surface area contributed by atoms with Crippen molar-refractivity contribution in [3.63, 3.8) is 0 Å². The molecule has 4 nitrogen and oxygen atoms in total. The first-order chi connectivity index (χ1) is 29.0. The Labute approximate surface area is 345 Å². The van der Waals surface area contributed by atoms with Crippen LogP contribution in [0, 0.1) is 0 Å². The highest BCUT2D eigenvalue weighted by Crippen LogP contribution is 2.53. The monoisotopic (exact) mass is 772 g/mol. The van der Waals surface area contributed by atoms with Gasteiger partial charge in [-0.3, -0.25) is 0 Å². The minimum Gasteiger partial charge on any atom is -0.308 e. The summed E-state index contributed by atoms with van der Waals surface area (Å²) in [4.78, 5) is 15.8. The second-order valence-corrected chi connectivity index (χ2v) is 17.0. The Morgan fingerprint density at radius 3 is 1.90 bits per heavy atom. The molecule has 3 heterocycles. The average Bonchev–Trinajstić information content (AvgIpc) is 3.92. The third-order valence-electron chi connectivity index (χ3n) is 12.2. The molecule has 0 fully saturated rings. The Bertz CT molecular complexity index is 3470. The van der Waals surface area contributed by atoms with Gasteiger partial charge in [0.25, 0.3) is 0 Å². The second-order valence-electron chi connectivity index (χ2n) is 16.0. The van der Waals surface area contributed by atoms with Crippen LogP contribution >= 0.6 is 11.3 Å². The average molecular weight is 773 g/mol. The SMILES string of the molecule is CC1(C)c2ccccc2-c2ccc3c4ccccc4n(-c4cc(-c5nc(-c6ccccc6)nc(-c6cccc7c6sc6ccccc67)n5)ccc4-c4ccccc4)c3c21. The summed E-state index contributed by atoms with van der Waals surface area (Å²) in [5.41, 5.74) is 13.7. The Morgan fingerprint density at radius 2 is 1.07 bits per heavy atom. The van der Waals surface area contributed by atoms with Crippen molar-refractivity contribution in [1.82, 2.24) is 19.5 Å². The smallest absolute Gasteiger partial charge is 0.165 e. The van der Waals surface area contributed by atoms with Crippen LogP contribution in [0.2, 0.25) is 0 Å². The van der Waals surface area contributed by atoms with Crippen molar-refractivity contribution < 1.29 is 0 Å². The Hall–Kier alpha value is -7.21. The fourth-order valence-electron chi connectivity index (χ4n) is 9.55. The first kappa shape index (κ1) is 33.9. The molecule has 5 heteroatoms. The van der Waals surface area contributed by atoms with E-state index in [1.54, 1.807) is 11.3 Å². The molecular formula is C54H36N4S. The highest BCUT2D eigenvalue weighted by atomic mass is 32.1. The van der Waals surface area contributed by atoms with E-state index in [4.69, 9.17) is 15.0 Å². The standard InChI is InChI=1S/C54H36N4S/c1-54(2)44-25-12-9-20-37(44)40-30-31-41-38-21-10-13-26-45(38)58(49(41)48(40)54)46-32-35(28-29-36(46)33-16-5-3-6-17-33)52-55-51(34-18-7-4-8-19-34)56-53(57-52)43-24-15-23-42-39-22-11-14-27-47(39)59-50(42)43/h3-32H,1-2H3. The van der Waals surface area contributed by atoms with Crippen molar-refractivity contribution in [2.45, 2.75) is 19.3 Å². The lowest BCUT2D eigenvalue weighted by molar-refractivity contribution is 0.664. The van der Waals surface area contributed by atoms with Gasteiger partial charge in [-0.15, -0.1) is 11.3 Å². The minimum absolute atomic E-state index is 0.219. The van der Waals surface area contributed by atoms with Crippen LogP contribution in [0.1, 0.15) is 25.0 Å². The van der Waals surface area contributed by atoms with Gasteiger partial charge >= 0.3 is 0 Å². The molecule has 278 valence electrons. The van der Waals surface area contributed by atoms with Crippen LogP contribution in [0.25, 0.3) is 104 Å². The molecule has 12 rings (SSSR count). The summed E-state index contributed by atoms with van der Waals surface area (Å²) in [7, 11) is 0. The van der Waals surface area contributed by atoms with E-state index < -0.39 is 0 Å². The molecule has 0 saturated heterocycles. The van der Waals surface area contributed by atoms with E-state index in [9.17, 15) is 0 Å². The number of fused-ring (bicyclic) bond motifs is 10. The van der Waals surface area contributed by atoms with Gasteiger partial charge in [0.15, 0.2) is 17.5 Å². The summed E-state index contributed by atoms with van der Waals surface area (Å²) in [6.45, 7) is 4.75. The van der Waals surface area contributed by atoms with E-state index in [1.165, 1.54) is 58.7 Å². The van der Waals surface area contributed by atoms with Gasteiger partial charge in [0, 0.05) is 58.6 Å². The molecule has 1 aliphatic carbocycles. The van der Waals surface area contributed by atoms with Gasteiger partial charge in [0.1, 0.15) is 0 Å². The fourth-order valence-corrected chi connectivity index (χ4v) is 10.8. The number of benzene rings is 8. The van der Waals surface area contributed by atoms with Crippen LogP contribution in [0.15, 0.2) is 182 Å². The Morgan fingerprint density at radius 1 is 0.441 bits per heavy atom. The molecule has 0 spiro atoms. The molecular weight excluding hydrogens is 737 g/mol.